The van der Waals surface area contributed by atoms with Crippen LogP contribution in [0.5, 0.6) is 5.75 Å². The van der Waals surface area contributed by atoms with Gasteiger partial charge in [-0.05, 0) is 42.8 Å². The minimum absolute atomic E-state index is 0.133. The summed E-state index contributed by atoms with van der Waals surface area (Å²) in [5, 5.41) is 15.4. The molecule has 0 bridgehead atoms. The van der Waals surface area contributed by atoms with Crippen molar-refractivity contribution in [2.75, 3.05) is 7.11 Å². The molecule has 3 rings (SSSR count). The maximum absolute atomic E-state index is 11.9. The molecule has 0 unspecified atom stereocenters. The second-order valence-electron chi connectivity index (χ2n) is 5.94. The Morgan fingerprint density at radius 2 is 1.96 bits per heavy atom. The van der Waals surface area contributed by atoms with Gasteiger partial charge in [0.05, 0.1) is 13.7 Å². The van der Waals surface area contributed by atoms with Crippen molar-refractivity contribution in [2.24, 2.45) is 0 Å². The third kappa shape index (κ3) is 4.97. The second-order valence-corrected chi connectivity index (χ2v) is 5.94. The van der Waals surface area contributed by atoms with Crippen molar-refractivity contribution in [3.05, 3.63) is 53.8 Å². The normalized spacial score (nSPS) is 10.6. The quantitative estimate of drug-likeness (QED) is 0.575. The summed E-state index contributed by atoms with van der Waals surface area (Å²) in [5.41, 5.74) is 0.813. The molecule has 146 valence electrons. The van der Waals surface area contributed by atoms with E-state index in [0.29, 0.717) is 30.3 Å². The van der Waals surface area contributed by atoms with Crippen LogP contribution in [0.4, 0.5) is 0 Å². The number of rotatable bonds is 9. The fraction of sp³-hybridized carbons (Fsp3) is 0.263. The SMILES string of the molecule is COc1ccc(-c2noc(CCCC(=O)NCc3ccc(C(=O)O)o3)n2)cc1. The van der Waals surface area contributed by atoms with Crippen LogP contribution >= 0.6 is 0 Å². The van der Waals surface area contributed by atoms with E-state index in [4.69, 9.17) is 18.8 Å². The Kier molecular flexibility index (Phi) is 6.05. The van der Waals surface area contributed by atoms with E-state index < -0.39 is 5.97 Å². The average molecular weight is 385 g/mol. The first-order chi connectivity index (χ1) is 13.5. The van der Waals surface area contributed by atoms with E-state index in [1.165, 1.54) is 12.1 Å². The van der Waals surface area contributed by atoms with Crippen molar-refractivity contribution >= 4 is 11.9 Å². The number of aryl methyl sites for hydroxylation is 1. The molecule has 9 heteroatoms. The smallest absolute Gasteiger partial charge is 0.371 e. The van der Waals surface area contributed by atoms with E-state index in [9.17, 15) is 9.59 Å². The highest BCUT2D eigenvalue weighted by Gasteiger charge is 2.11. The summed E-state index contributed by atoms with van der Waals surface area (Å²) < 4.78 is 15.4. The van der Waals surface area contributed by atoms with Crippen molar-refractivity contribution in [1.29, 1.82) is 0 Å². The molecule has 2 heterocycles. The van der Waals surface area contributed by atoms with E-state index in [0.717, 1.165) is 11.3 Å². The molecule has 0 atom stereocenters. The van der Waals surface area contributed by atoms with Crippen LogP contribution in [0.2, 0.25) is 0 Å². The molecule has 2 aromatic heterocycles. The number of aromatic nitrogens is 2. The van der Waals surface area contributed by atoms with Crippen LogP contribution in [0, 0.1) is 0 Å². The lowest BCUT2D eigenvalue weighted by molar-refractivity contribution is -0.121. The summed E-state index contributed by atoms with van der Waals surface area (Å²) in [6, 6.07) is 10.2. The van der Waals surface area contributed by atoms with Gasteiger partial charge in [-0.25, -0.2) is 4.79 Å². The summed E-state index contributed by atoms with van der Waals surface area (Å²) in [5.74, 6) is 0.575. The summed E-state index contributed by atoms with van der Waals surface area (Å²) in [6.45, 7) is 0.133. The van der Waals surface area contributed by atoms with Crippen LogP contribution in [0.25, 0.3) is 11.4 Å². The number of carboxylic acid groups (broad SMARTS) is 1. The van der Waals surface area contributed by atoms with Gasteiger partial charge in [-0.15, -0.1) is 0 Å². The van der Waals surface area contributed by atoms with Crippen molar-refractivity contribution in [3.8, 4) is 17.1 Å². The fourth-order valence-corrected chi connectivity index (χ4v) is 2.48. The molecule has 0 saturated carbocycles. The van der Waals surface area contributed by atoms with Gasteiger partial charge in [-0.2, -0.15) is 4.98 Å². The number of aromatic carboxylic acids is 1. The van der Waals surface area contributed by atoms with E-state index in [1.54, 1.807) is 7.11 Å². The number of hydrogen-bond donors (Lipinski definition) is 2. The lowest BCUT2D eigenvalue weighted by atomic mass is 10.2. The monoisotopic (exact) mass is 385 g/mol. The zero-order chi connectivity index (χ0) is 19.9. The molecule has 0 aliphatic carbocycles. The predicted molar refractivity (Wildman–Crippen MR) is 96.7 cm³/mol. The van der Waals surface area contributed by atoms with Crippen molar-refractivity contribution in [2.45, 2.75) is 25.8 Å². The summed E-state index contributed by atoms with van der Waals surface area (Å²) >= 11 is 0. The van der Waals surface area contributed by atoms with Crippen LogP contribution in [-0.2, 0) is 17.8 Å². The highest BCUT2D eigenvalue weighted by molar-refractivity contribution is 5.84. The standard InChI is InChI=1S/C19H19N3O6/c1-26-13-7-5-12(6-8-13)18-21-17(28-22-18)4-2-3-16(23)20-11-14-9-10-15(27-14)19(24)25/h5-10H,2-4,11H2,1H3,(H,20,23)(H,24,25). The molecule has 1 amide bonds. The van der Waals surface area contributed by atoms with Crippen molar-refractivity contribution < 1.29 is 28.4 Å². The van der Waals surface area contributed by atoms with Crippen molar-refractivity contribution in [1.82, 2.24) is 15.5 Å². The number of nitrogens with one attached hydrogen (secondary N) is 1. The predicted octanol–water partition coefficient (Wildman–Crippen LogP) is 2.68. The molecule has 0 saturated heterocycles. The number of furan rings is 1. The Hall–Kier alpha value is -3.62. The van der Waals surface area contributed by atoms with Gasteiger partial charge in [0.1, 0.15) is 11.5 Å². The molecule has 0 spiro atoms. The van der Waals surface area contributed by atoms with Gasteiger partial charge in [0.2, 0.25) is 23.4 Å². The maximum Gasteiger partial charge on any atom is 0.371 e. The molecule has 0 fully saturated rings. The molecule has 0 aliphatic heterocycles. The van der Waals surface area contributed by atoms with Crippen LogP contribution in [-0.4, -0.2) is 34.2 Å². The Morgan fingerprint density at radius 3 is 2.64 bits per heavy atom. The highest BCUT2D eigenvalue weighted by Crippen LogP contribution is 2.20. The van der Waals surface area contributed by atoms with Gasteiger partial charge in [-0.1, -0.05) is 5.16 Å². The number of hydrogen-bond acceptors (Lipinski definition) is 7. The Bertz CT molecular complexity index is 945. The number of carboxylic acids is 1. The average Bonchev–Trinajstić information content (AvgIpc) is 3.36. The Balaban J connectivity index is 1.42. The summed E-state index contributed by atoms with van der Waals surface area (Å²) in [7, 11) is 1.60. The number of ether oxygens (including phenoxy) is 1. The fourth-order valence-electron chi connectivity index (χ4n) is 2.48. The Morgan fingerprint density at radius 1 is 1.18 bits per heavy atom. The topological polar surface area (TPSA) is 128 Å². The molecule has 3 aromatic rings. The maximum atomic E-state index is 11.9. The third-order valence-corrected chi connectivity index (χ3v) is 3.94. The van der Waals surface area contributed by atoms with Crippen LogP contribution < -0.4 is 10.1 Å². The minimum atomic E-state index is -1.15. The summed E-state index contributed by atoms with van der Waals surface area (Å²) in [6.07, 6.45) is 1.28. The number of benzene rings is 1. The first-order valence-corrected chi connectivity index (χ1v) is 8.61. The number of amides is 1. The van der Waals surface area contributed by atoms with Crippen molar-refractivity contribution in [3.63, 3.8) is 0 Å². The zero-order valence-corrected chi connectivity index (χ0v) is 15.2. The third-order valence-electron chi connectivity index (χ3n) is 3.94. The largest absolute Gasteiger partial charge is 0.497 e. The molecule has 0 aliphatic rings. The van der Waals surface area contributed by atoms with E-state index in [2.05, 4.69) is 15.5 Å². The Labute approximate surface area is 160 Å². The highest BCUT2D eigenvalue weighted by atomic mass is 16.5. The minimum Gasteiger partial charge on any atom is -0.497 e. The van der Waals surface area contributed by atoms with E-state index in [1.807, 2.05) is 24.3 Å². The number of nitrogens with zero attached hydrogens (tertiary/aromatic N) is 2. The van der Waals surface area contributed by atoms with Gasteiger partial charge in [-0.3, -0.25) is 4.79 Å². The molecular weight excluding hydrogens is 366 g/mol. The van der Waals surface area contributed by atoms with E-state index >= 15 is 0 Å². The van der Waals surface area contributed by atoms with Gasteiger partial charge < -0.3 is 24.1 Å². The number of methoxy groups -OCH3 is 1. The molecule has 9 nitrogen and oxygen atoms in total. The van der Waals surface area contributed by atoms with Gasteiger partial charge in [0, 0.05) is 18.4 Å². The number of carbonyl (C=O) groups is 2. The first-order valence-electron chi connectivity index (χ1n) is 8.61. The lowest BCUT2D eigenvalue weighted by Gasteiger charge is -2.02. The molecular formula is C19H19N3O6. The lowest BCUT2D eigenvalue weighted by Crippen LogP contribution is -2.22. The second kappa shape index (κ2) is 8.85. The van der Waals surface area contributed by atoms with Crippen LogP contribution in [0.15, 0.2) is 45.3 Å². The van der Waals surface area contributed by atoms with E-state index in [-0.39, 0.29) is 24.6 Å². The van der Waals surface area contributed by atoms with Gasteiger partial charge in [0.25, 0.3) is 0 Å². The number of carbonyl (C=O) groups excluding carboxylic acids is 1. The molecule has 0 radical (unpaired) electrons. The zero-order valence-electron chi connectivity index (χ0n) is 15.2. The van der Waals surface area contributed by atoms with Crippen LogP contribution in [0.1, 0.15) is 35.0 Å². The molecule has 28 heavy (non-hydrogen) atoms. The first kappa shape index (κ1) is 19.2. The van der Waals surface area contributed by atoms with Gasteiger partial charge >= 0.3 is 5.97 Å². The van der Waals surface area contributed by atoms with Gasteiger partial charge in [0.15, 0.2) is 0 Å². The van der Waals surface area contributed by atoms with Crippen LogP contribution in [0.3, 0.4) is 0 Å². The molecule has 1 aromatic carbocycles. The summed E-state index contributed by atoms with van der Waals surface area (Å²) in [4.78, 5) is 27.0. The molecule has 2 N–H and O–H groups in total.